The zero-order chi connectivity index (χ0) is 8.69. The summed E-state index contributed by atoms with van der Waals surface area (Å²) in [4.78, 5) is 16.5. The molecule has 0 saturated carbocycles. The molecule has 1 unspecified atom stereocenters. The maximum absolute atomic E-state index is 9.86. The van der Waals surface area contributed by atoms with E-state index in [4.69, 9.17) is 0 Å². The standard InChI is InChI=1S/C6H8BrNO3/c1-2-3-6(4-5-7)11-8(9)10/h6H,2-3H2,1H3. The Labute approximate surface area is 73.2 Å². The van der Waals surface area contributed by atoms with Crippen molar-refractivity contribution < 1.29 is 9.92 Å². The highest BCUT2D eigenvalue weighted by Crippen LogP contribution is 2.00. The molecule has 0 radical (unpaired) electrons. The van der Waals surface area contributed by atoms with E-state index in [1.807, 2.05) is 6.92 Å². The van der Waals surface area contributed by atoms with Crippen LogP contribution in [-0.2, 0) is 4.84 Å². The third-order valence-corrected chi connectivity index (χ3v) is 1.21. The summed E-state index contributed by atoms with van der Waals surface area (Å²) in [6.45, 7) is 1.91. The Balaban J connectivity index is 3.85. The SMILES string of the molecule is CCCC(C#CBr)O[N+](=O)[O-]. The fourth-order valence-electron chi connectivity index (χ4n) is 0.578. The van der Waals surface area contributed by atoms with Crippen molar-refractivity contribution in [2.45, 2.75) is 25.9 Å². The smallest absolute Gasteiger partial charge is 0.295 e. The lowest BCUT2D eigenvalue weighted by atomic mass is 10.2. The molecule has 0 amide bonds. The monoisotopic (exact) mass is 221 g/mol. The number of nitrogens with zero attached hydrogens (tertiary/aromatic N) is 1. The van der Waals surface area contributed by atoms with Gasteiger partial charge in [-0.25, -0.2) is 0 Å². The van der Waals surface area contributed by atoms with Crippen molar-refractivity contribution >= 4 is 15.9 Å². The topological polar surface area (TPSA) is 52.4 Å². The van der Waals surface area contributed by atoms with Crippen molar-refractivity contribution in [1.82, 2.24) is 0 Å². The second-order valence-electron chi connectivity index (χ2n) is 1.85. The molecule has 0 spiro atoms. The van der Waals surface area contributed by atoms with Crippen molar-refractivity contribution in [1.29, 1.82) is 0 Å². The largest absolute Gasteiger partial charge is 0.298 e. The Morgan fingerprint density at radius 3 is 2.82 bits per heavy atom. The molecule has 0 fully saturated rings. The number of hydrogen-bond acceptors (Lipinski definition) is 3. The summed E-state index contributed by atoms with van der Waals surface area (Å²) in [6, 6.07) is 0. The summed E-state index contributed by atoms with van der Waals surface area (Å²) < 4.78 is 0. The molecule has 11 heavy (non-hydrogen) atoms. The summed E-state index contributed by atoms with van der Waals surface area (Å²) in [5.41, 5.74) is 0. The quantitative estimate of drug-likeness (QED) is 0.413. The van der Waals surface area contributed by atoms with Gasteiger partial charge in [0.1, 0.15) is 0 Å². The summed E-state index contributed by atoms with van der Waals surface area (Å²) in [7, 11) is 0. The molecule has 0 aliphatic carbocycles. The molecule has 62 valence electrons. The van der Waals surface area contributed by atoms with Crippen LogP contribution >= 0.6 is 15.9 Å². The van der Waals surface area contributed by atoms with Crippen LogP contribution in [0.5, 0.6) is 0 Å². The van der Waals surface area contributed by atoms with Gasteiger partial charge in [0, 0.05) is 15.9 Å². The fourth-order valence-corrected chi connectivity index (χ4v) is 0.833. The van der Waals surface area contributed by atoms with E-state index in [0.29, 0.717) is 6.42 Å². The van der Waals surface area contributed by atoms with E-state index in [-0.39, 0.29) is 0 Å². The highest BCUT2D eigenvalue weighted by molar-refractivity contribution is 9.12. The van der Waals surface area contributed by atoms with Gasteiger partial charge in [0.25, 0.3) is 5.09 Å². The van der Waals surface area contributed by atoms with Gasteiger partial charge in [-0.05, 0) is 11.3 Å². The molecule has 4 nitrogen and oxygen atoms in total. The van der Waals surface area contributed by atoms with Crippen LogP contribution in [0.25, 0.3) is 0 Å². The van der Waals surface area contributed by atoms with Crippen LogP contribution in [0, 0.1) is 20.9 Å². The van der Waals surface area contributed by atoms with Crippen LogP contribution in [0.4, 0.5) is 0 Å². The van der Waals surface area contributed by atoms with Gasteiger partial charge < -0.3 is 0 Å². The highest BCUT2D eigenvalue weighted by Gasteiger charge is 2.07. The van der Waals surface area contributed by atoms with Gasteiger partial charge in [0.2, 0.25) is 0 Å². The van der Waals surface area contributed by atoms with Crippen LogP contribution in [0.3, 0.4) is 0 Å². The Hall–Kier alpha value is -0.760. The molecule has 0 N–H and O–H groups in total. The van der Waals surface area contributed by atoms with Crippen molar-refractivity contribution in [3.63, 3.8) is 0 Å². The number of hydrogen-bond donors (Lipinski definition) is 0. The molecule has 0 heterocycles. The number of halogens is 1. The highest BCUT2D eigenvalue weighted by atomic mass is 79.9. The second kappa shape index (κ2) is 5.98. The predicted molar refractivity (Wildman–Crippen MR) is 43.5 cm³/mol. The molecule has 0 aromatic rings. The first-order valence-corrected chi connectivity index (χ1v) is 3.92. The summed E-state index contributed by atoms with van der Waals surface area (Å²) in [5.74, 6) is 2.52. The lowest BCUT2D eigenvalue weighted by Gasteiger charge is -2.04. The summed E-state index contributed by atoms with van der Waals surface area (Å²) >= 11 is 2.85. The molecule has 0 aliphatic rings. The normalized spacial score (nSPS) is 11.1. The predicted octanol–water partition coefficient (Wildman–Crippen LogP) is 1.72. The van der Waals surface area contributed by atoms with Gasteiger partial charge in [-0.15, -0.1) is 10.1 Å². The second-order valence-corrected chi connectivity index (χ2v) is 2.24. The van der Waals surface area contributed by atoms with E-state index in [9.17, 15) is 10.1 Å². The van der Waals surface area contributed by atoms with Gasteiger partial charge in [-0.1, -0.05) is 19.3 Å². The zero-order valence-electron chi connectivity index (χ0n) is 6.04. The van der Waals surface area contributed by atoms with Gasteiger partial charge >= 0.3 is 0 Å². The molecule has 5 heteroatoms. The van der Waals surface area contributed by atoms with E-state index >= 15 is 0 Å². The minimum Gasteiger partial charge on any atom is -0.298 e. The third-order valence-electron chi connectivity index (χ3n) is 0.980. The average molecular weight is 222 g/mol. The lowest BCUT2D eigenvalue weighted by molar-refractivity contribution is -0.764. The molecule has 1 atom stereocenters. The zero-order valence-corrected chi connectivity index (χ0v) is 7.63. The van der Waals surface area contributed by atoms with E-state index in [1.165, 1.54) is 0 Å². The first-order valence-electron chi connectivity index (χ1n) is 3.13. The minimum atomic E-state index is -0.822. The average Bonchev–Trinajstić information content (AvgIpc) is 1.87. The van der Waals surface area contributed by atoms with Crippen molar-refractivity contribution in [3.8, 4) is 10.8 Å². The first-order chi connectivity index (χ1) is 5.20. The lowest BCUT2D eigenvalue weighted by Crippen LogP contribution is -2.14. The van der Waals surface area contributed by atoms with Crippen LogP contribution in [-0.4, -0.2) is 11.2 Å². The molecule has 0 aromatic carbocycles. The first kappa shape index (κ1) is 10.2. The van der Waals surface area contributed by atoms with Crippen LogP contribution < -0.4 is 0 Å². The van der Waals surface area contributed by atoms with E-state index in [2.05, 4.69) is 31.5 Å². The van der Waals surface area contributed by atoms with Crippen LogP contribution in [0.15, 0.2) is 0 Å². The van der Waals surface area contributed by atoms with Gasteiger partial charge in [-0.3, -0.25) is 4.84 Å². The Bertz CT molecular complexity index is 184. The molecule has 0 saturated heterocycles. The van der Waals surface area contributed by atoms with E-state index < -0.39 is 11.2 Å². The Morgan fingerprint density at radius 2 is 2.45 bits per heavy atom. The fraction of sp³-hybridized carbons (Fsp3) is 0.667. The summed E-state index contributed by atoms with van der Waals surface area (Å²) in [6.07, 6.45) is 0.772. The molecular formula is C6H8BrNO3. The van der Waals surface area contributed by atoms with Crippen LogP contribution in [0.1, 0.15) is 19.8 Å². The summed E-state index contributed by atoms with van der Waals surface area (Å²) in [5, 5.41) is 9.04. The van der Waals surface area contributed by atoms with Gasteiger partial charge in [0.05, 0.1) is 0 Å². The molecule has 0 aromatic heterocycles. The van der Waals surface area contributed by atoms with Gasteiger partial charge in [0.15, 0.2) is 6.10 Å². The maximum atomic E-state index is 9.86. The molecule has 0 aliphatic heterocycles. The number of rotatable bonds is 4. The Morgan fingerprint density at radius 1 is 1.82 bits per heavy atom. The maximum Gasteiger partial charge on any atom is 0.295 e. The molecule has 0 rings (SSSR count). The van der Waals surface area contributed by atoms with Crippen molar-refractivity contribution in [2.24, 2.45) is 0 Å². The third kappa shape index (κ3) is 5.67. The Kier molecular flexibility index (Phi) is 5.57. The van der Waals surface area contributed by atoms with Crippen molar-refractivity contribution in [2.75, 3.05) is 0 Å². The molecular weight excluding hydrogens is 214 g/mol. The van der Waals surface area contributed by atoms with Crippen molar-refractivity contribution in [3.05, 3.63) is 10.1 Å². The van der Waals surface area contributed by atoms with Crippen LogP contribution in [0.2, 0.25) is 0 Å². The minimum absolute atomic E-state index is 0.569. The van der Waals surface area contributed by atoms with E-state index in [0.717, 1.165) is 6.42 Å². The molecule has 0 bridgehead atoms. The van der Waals surface area contributed by atoms with Gasteiger partial charge in [-0.2, -0.15) is 0 Å². The van der Waals surface area contributed by atoms with E-state index in [1.54, 1.807) is 0 Å².